The molecule has 4 saturated carbocycles. The number of hydrogen-bond acceptors (Lipinski definition) is 14. The van der Waals surface area contributed by atoms with Crippen LogP contribution < -0.4 is 0 Å². The van der Waals surface area contributed by atoms with Crippen LogP contribution in [-0.4, -0.2) is 127 Å². The van der Waals surface area contributed by atoms with Crippen molar-refractivity contribution >= 4 is 17.7 Å². The van der Waals surface area contributed by atoms with Gasteiger partial charge in [0.1, 0.15) is 53.6 Å². The Bertz CT molecular complexity index is 1620. The lowest BCUT2D eigenvalue weighted by Crippen LogP contribution is -2.71. The molecule has 20 atom stereocenters. The van der Waals surface area contributed by atoms with E-state index in [-0.39, 0.29) is 41.0 Å². The number of esters is 2. The second-order valence-corrected chi connectivity index (χ2v) is 19.3. The zero-order chi connectivity index (χ0) is 43.0. The highest BCUT2D eigenvalue weighted by Gasteiger charge is 2.91. The van der Waals surface area contributed by atoms with Crippen LogP contribution >= 0.6 is 0 Å². The standard InChI is InChI=1S/C45H70O14/c1-12-22(3)39(49)56-36-37-42(8)17-15-28(55-31-21-30(51-10)34(26(7)53-31)57-41-33(48)35(52-11)32(47)25(6)54-41)20-27(42)14-18-44(37)45(59-44)19-16-29(24(5)46)43(45,9)38(36)58-40(50)23(4)13-2/h13,22,25-38,41,47-48H,12,14-21H2,1-11H3/b23-13+/t22?,25-,26-,27+,28+,29+,30-,31+,32-,33-,34-,35-,36+,37-,38-,41+,42+,43+,44+,45-/m1/s1. The topological polar surface area (TPSA) is 178 Å². The molecular formula is C45H70O14. The number of hydrogen-bond donors (Lipinski definition) is 2. The first-order valence-electron chi connectivity index (χ1n) is 22.2. The number of epoxide rings is 1. The zero-order valence-electron chi connectivity index (χ0n) is 37.0. The lowest BCUT2D eigenvalue weighted by Gasteiger charge is -2.61. The molecule has 2 N–H and O–H groups in total. The molecule has 7 rings (SSSR count). The molecule has 0 radical (unpaired) electrons. The van der Waals surface area contributed by atoms with Crippen LogP contribution in [0.5, 0.6) is 0 Å². The van der Waals surface area contributed by atoms with E-state index in [1.807, 2.05) is 27.7 Å². The number of carbonyl (C=O) groups is 3. The minimum Gasteiger partial charge on any atom is -0.458 e. The Kier molecular flexibility index (Phi) is 12.7. The molecule has 1 unspecified atom stereocenters. The van der Waals surface area contributed by atoms with Gasteiger partial charge in [-0.1, -0.05) is 33.8 Å². The van der Waals surface area contributed by atoms with Crippen molar-refractivity contribution in [2.45, 2.75) is 205 Å². The number of ketones is 1. The molecule has 0 aromatic rings. The third-order valence-corrected chi connectivity index (χ3v) is 16.5. The Hall–Kier alpha value is -2.01. The predicted molar refractivity (Wildman–Crippen MR) is 212 cm³/mol. The second kappa shape index (κ2) is 16.6. The lowest BCUT2D eigenvalue weighted by molar-refractivity contribution is -0.343. The molecule has 59 heavy (non-hydrogen) atoms. The summed E-state index contributed by atoms with van der Waals surface area (Å²) in [5, 5.41) is 21.4. The Labute approximate surface area is 349 Å². The predicted octanol–water partition coefficient (Wildman–Crippen LogP) is 4.97. The van der Waals surface area contributed by atoms with Crippen molar-refractivity contribution in [2.75, 3.05) is 14.2 Å². The zero-order valence-corrected chi connectivity index (χ0v) is 37.0. The maximum atomic E-state index is 13.9. The molecular weight excluding hydrogens is 764 g/mol. The number of methoxy groups -OCH3 is 2. The molecule has 14 nitrogen and oxygen atoms in total. The van der Waals surface area contributed by atoms with Crippen molar-refractivity contribution in [3.8, 4) is 0 Å². The highest BCUT2D eigenvalue weighted by molar-refractivity contribution is 5.88. The van der Waals surface area contributed by atoms with E-state index in [0.29, 0.717) is 31.3 Å². The fourth-order valence-electron chi connectivity index (χ4n) is 12.9. The number of ether oxygens (including phenoxy) is 9. The van der Waals surface area contributed by atoms with Crippen molar-refractivity contribution in [3.05, 3.63) is 11.6 Å². The maximum Gasteiger partial charge on any atom is 0.333 e. The Morgan fingerprint density at radius 2 is 1.59 bits per heavy atom. The van der Waals surface area contributed by atoms with Crippen LogP contribution in [0.25, 0.3) is 0 Å². The van der Waals surface area contributed by atoms with Gasteiger partial charge in [-0.05, 0) is 97.3 Å². The summed E-state index contributed by atoms with van der Waals surface area (Å²) in [6.07, 6.45) is -0.762. The van der Waals surface area contributed by atoms with Crippen LogP contribution in [-0.2, 0) is 57.0 Å². The summed E-state index contributed by atoms with van der Waals surface area (Å²) in [4.78, 5) is 41.1. The van der Waals surface area contributed by atoms with Crippen LogP contribution in [0.2, 0.25) is 0 Å². The van der Waals surface area contributed by atoms with Crippen LogP contribution in [0.3, 0.4) is 0 Å². The van der Waals surface area contributed by atoms with Crippen molar-refractivity contribution in [1.82, 2.24) is 0 Å². The Morgan fingerprint density at radius 3 is 2.24 bits per heavy atom. The van der Waals surface area contributed by atoms with Crippen molar-refractivity contribution in [1.29, 1.82) is 0 Å². The molecule has 7 aliphatic rings. The largest absolute Gasteiger partial charge is 0.458 e. The maximum absolute atomic E-state index is 13.9. The first-order valence-corrected chi connectivity index (χ1v) is 22.2. The third-order valence-electron chi connectivity index (χ3n) is 16.5. The number of aliphatic hydroxyl groups excluding tert-OH is 2. The molecule has 4 aliphatic carbocycles. The van der Waals surface area contributed by atoms with E-state index in [1.54, 1.807) is 40.9 Å². The second-order valence-electron chi connectivity index (χ2n) is 19.3. The molecule has 2 spiro atoms. The van der Waals surface area contributed by atoms with Crippen LogP contribution in [0.1, 0.15) is 120 Å². The third kappa shape index (κ3) is 7.06. The van der Waals surface area contributed by atoms with Gasteiger partial charge in [0, 0.05) is 43.5 Å². The van der Waals surface area contributed by atoms with Gasteiger partial charge in [0.2, 0.25) is 0 Å². The van der Waals surface area contributed by atoms with Crippen molar-refractivity contribution in [3.63, 3.8) is 0 Å². The van der Waals surface area contributed by atoms with Gasteiger partial charge in [-0.2, -0.15) is 0 Å². The quantitative estimate of drug-likeness (QED) is 0.117. The van der Waals surface area contributed by atoms with E-state index in [4.69, 9.17) is 42.6 Å². The fourth-order valence-corrected chi connectivity index (χ4v) is 12.9. The highest BCUT2D eigenvalue weighted by atomic mass is 16.7. The van der Waals surface area contributed by atoms with E-state index >= 15 is 0 Å². The number of rotatable bonds is 12. The van der Waals surface area contributed by atoms with E-state index in [2.05, 4.69) is 6.92 Å². The SMILES string of the molecule is C/C=C(\C)C(=O)O[C@@H]1[C@@H](OC(=O)C(C)CC)[C@@H]2[C@@]3(C)CC[C@H](O[C@H]4C[C@@H](OC)[C@H](O[C@@H]5O[C@H](C)[C@@H](O)[C@@H](OC)[C@H]5O)[C@@H](C)O4)C[C@@H]3CC[C@]23O[C@@]32CC[C@@H](C(C)=O)[C@@]12C. The smallest absolute Gasteiger partial charge is 0.333 e. The molecule has 14 heteroatoms. The van der Waals surface area contributed by atoms with Gasteiger partial charge in [-0.25, -0.2) is 4.79 Å². The molecule has 0 amide bonds. The van der Waals surface area contributed by atoms with Gasteiger partial charge in [0.25, 0.3) is 0 Å². The van der Waals surface area contributed by atoms with Gasteiger partial charge in [0.05, 0.1) is 30.3 Å². The fraction of sp³-hybridized carbons (Fsp3) is 0.889. The first-order chi connectivity index (χ1) is 27.9. The molecule has 3 aliphatic heterocycles. The molecule has 3 saturated heterocycles. The summed E-state index contributed by atoms with van der Waals surface area (Å²) in [6.45, 7) is 16.9. The molecule has 0 aromatic heterocycles. The van der Waals surface area contributed by atoms with E-state index in [0.717, 1.165) is 32.1 Å². The minimum absolute atomic E-state index is 0.0313. The molecule has 3 heterocycles. The summed E-state index contributed by atoms with van der Waals surface area (Å²) < 4.78 is 57.1. The number of allylic oxidation sites excluding steroid dienone is 1. The number of Topliss-reactive ketones (excluding diaryl/α,β-unsaturated/α-hetero) is 1. The number of aliphatic hydroxyl groups is 2. The van der Waals surface area contributed by atoms with Crippen molar-refractivity contribution in [2.24, 2.45) is 34.5 Å². The average molecular weight is 835 g/mol. The molecule has 0 aromatic carbocycles. The van der Waals surface area contributed by atoms with Crippen LogP contribution in [0.4, 0.5) is 0 Å². The summed E-state index contributed by atoms with van der Waals surface area (Å²) in [7, 11) is 3.04. The molecule has 0 bridgehead atoms. The number of carbonyl (C=O) groups excluding carboxylic acids is 3. The lowest BCUT2D eigenvalue weighted by atomic mass is 9.43. The van der Waals surface area contributed by atoms with Gasteiger partial charge < -0.3 is 52.8 Å². The van der Waals surface area contributed by atoms with Gasteiger partial charge in [-0.3, -0.25) is 9.59 Å². The normalized spacial score (nSPS) is 49.7. The number of fused-ring (bicyclic) bond motifs is 2. The van der Waals surface area contributed by atoms with E-state index in [1.165, 1.54) is 7.11 Å². The Morgan fingerprint density at radius 1 is 0.864 bits per heavy atom. The van der Waals surface area contributed by atoms with E-state index in [9.17, 15) is 24.6 Å². The highest BCUT2D eigenvalue weighted by Crippen LogP contribution is 2.81. The summed E-state index contributed by atoms with van der Waals surface area (Å²) in [6, 6.07) is 0. The first kappa shape index (κ1) is 45.0. The molecule has 334 valence electrons. The summed E-state index contributed by atoms with van der Waals surface area (Å²) in [5.74, 6) is -1.65. The minimum atomic E-state index is -1.22. The Balaban J connectivity index is 1.12. The average Bonchev–Trinajstić information content (AvgIpc) is 3.75. The van der Waals surface area contributed by atoms with E-state index < -0.39 is 96.0 Å². The summed E-state index contributed by atoms with van der Waals surface area (Å²) in [5.41, 5.74) is -2.10. The monoisotopic (exact) mass is 834 g/mol. The van der Waals surface area contributed by atoms with Gasteiger partial charge in [-0.15, -0.1) is 0 Å². The summed E-state index contributed by atoms with van der Waals surface area (Å²) >= 11 is 0. The van der Waals surface area contributed by atoms with Gasteiger partial charge in [0.15, 0.2) is 12.6 Å². The van der Waals surface area contributed by atoms with Gasteiger partial charge >= 0.3 is 11.9 Å². The molecule has 7 fully saturated rings. The van der Waals surface area contributed by atoms with Crippen molar-refractivity contribution < 1.29 is 67.2 Å². The van der Waals surface area contributed by atoms with Crippen LogP contribution in [0.15, 0.2) is 11.6 Å². The van der Waals surface area contributed by atoms with Crippen LogP contribution in [0, 0.1) is 34.5 Å².